The molecule has 45 heavy (non-hydrogen) atoms. The zero-order chi connectivity index (χ0) is 32.8. The number of aromatic carboxylic acids is 1. The van der Waals surface area contributed by atoms with Crippen molar-refractivity contribution in [2.75, 3.05) is 0 Å². The van der Waals surface area contributed by atoms with Gasteiger partial charge in [0.1, 0.15) is 0 Å². The van der Waals surface area contributed by atoms with Crippen molar-refractivity contribution in [2.24, 2.45) is 5.92 Å². The molecule has 0 amide bonds. The number of carbonyl (C=O) groups is 1. The van der Waals surface area contributed by atoms with E-state index in [1.165, 1.54) is 40.0 Å². The number of non-ortho nitro benzene ring substituents is 1. The Morgan fingerprint density at radius 2 is 1.53 bits per heavy atom. The fourth-order valence-corrected chi connectivity index (χ4v) is 5.64. The maximum absolute atomic E-state index is 11.7. The summed E-state index contributed by atoms with van der Waals surface area (Å²) < 4.78 is 0. The van der Waals surface area contributed by atoms with E-state index >= 15 is 0 Å². The highest BCUT2D eigenvalue weighted by Crippen LogP contribution is 2.36. The highest BCUT2D eigenvalue weighted by Gasteiger charge is 2.21. The van der Waals surface area contributed by atoms with Crippen LogP contribution in [0, 0.1) is 16.0 Å². The number of allylic oxidation sites excluding steroid dienone is 2. The molecular formula is C39H42N2O4. The Hall–Kier alpha value is -4.97. The van der Waals surface area contributed by atoms with Crippen LogP contribution >= 0.6 is 0 Å². The van der Waals surface area contributed by atoms with Gasteiger partial charge in [-0.25, -0.2) is 4.79 Å². The lowest BCUT2D eigenvalue weighted by atomic mass is 9.80. The Labute approximate surface area is 266 Å². The van der Waals surface area contributed by atoms with E-state index in [0.717, 1.165) is 34.4 Å². The zero-order valence-electron chi connectivity index (χ0n) is 26.9. The summed E-state index contributed by atoms with van der Waals surface area (Å²) in [5, 5.41) is 24.1. The predicted octanol–water partition coefficient (Wildman–Crippen LogP) is 10.1. The third-order valence-corrected chi connectivity index (χ3v) is 8.87. The maximum Gasteiger partial charge on any atom is 0.336 e. The Kier molecular flexibility index (Phi) is 10.4. The second-order valence-electron chi connectivity index (χ2n) is 12.1. The lowest BCUT2D eigenvalue weighted by molar-refractivity contribution is -0.384. The summed E-state index contributed by atoms with van der Waals surface area (Å²) in [7, 11) is 0. The molecule has 0 bridgehead atoms. The number of nitro groups is 1. The first-order valence-electron chi connectivity index (χ1n) is 15.3. The van der Waals surface area contributed by atoms with Crippen LogP contribution in [0.3, 0.4) is 0 Å². The quantitative estimate of drug-likeness (QED) is 0.124. The number of benzene rings is 4. The van der Waals surface area contributed by atoms with Crippen LogP contribution in [0.2, 0.25) is 0 Å². The van der Waals surface area contributed by atoms with Gasteiger partial charge in [-0.2, -0.15) is 0 Å². The Bertz CT molecular complexity index is 1730. The number of nitrogens with one attached hydrogen (secondary N) is 1. The molecule has 2 N–H and O–H groups in total. The molecule has 4 rings (SSSR count). The molecular weight excluding hydrogens is 560 g/mol. The minimum absolute atomic E-state index is 0.0732. The molecule has 0 radical (unpaired) electrons. The van der Waals surface area contributed by atoms with E-state index in [1.54, 1.807) is 24.3 Å². The van der Waals surface area contributed by atoms with E-state index in [1.807, 2.05) is 31.2 Å². The fourth-order valence-electron chi connectivity index (χ4n) is 5.64. The SMILES string of the molecule is C=C(N[C@@H](C)c1ccc([N+](=O)[O-])cc1)c1ccc(C(C)C(C)Cc2ccc(-c3ccccc3C(=O)O)cc2)c(C(C)=C(C)C)c1. The van der Waals surface area contributed by atoms with Gasteiger partial charge >= 0.3 is 5.97 Å². The van der Waals surface area contributed by atoms with Gasteiger partial charge in [-0.15, -0.1) is 0 Å². The van der Waals surface area contributed by atoms with Gasteiger partial charge in [-0.3, -0.25) is 10.1 Å². The van der Waals surface area contributed by atoms with Gasteiger partial charge in [0.2, 0.25) is 0 Å². The van der Waals surface area contributed by atoms with Crippen LogP contribution in [0.25, 0.3) is 22.4 Å². The van der Waals surface area contributed by atoms with Gasteiger partial charge in [0.25, 0.3) is 5.69 Å². The number of hydrogen-bond donors (Lipinski definition) is 2. The van der Waals surface area contributed by atoms with Crippen molar-refractivity contribution in [2.45, 2.75) is 59.9 Å². The van der Waals surface area contributed by atoms with Gasteiger partial charge in [-0.1, -0.05) is 92.7 Å². The van der Waals surface area contributed by atoms with Crippen LogP contribution in [0.15, 0.2) is 103 Å². The fraction of sp³-hybridized carbons (Fsp3) is 0.256. The number of carboxylic acid groups (broad SMARTS) is 1. The van der Waals surface area contributed by atoms with Gasteiger partial charge < -0.3 is 10.4 Å². The average Bonchev–Trinajstić information content (AvgIpc) is 3.04. The smallest absolute Gasteiger partial charge is 0.336 e. The van der Waals surface area contributed by atoms with Crippen molar-refractivity contribution in [3.05, 3.63) is 147 Å². The lowest BCUT2D eigenvalue weighted by Gasteiger charge is -2.25. The predicted molar refractivity (Wildman–Crippen MR) is 184 cm³/mol. The molecule has 3 atom stereocenters. The number of nitro benzene ring substituents is 1. The summed E-state index contributed by atoms with van der Waals surface area (Å²) in [6.45, 7) is 17.3. The highest BCUT2D eigenvalue weighted by atomic mass is 16.6. The third-order valence-electron chi connectivity index (χ3n) is 8.87. The Morgan fingerprint density at radius 3 is 2.13 bits per heavy atom. The molecule has 0 aliphatic heterocycles. The minimum Gasteiger partial charge on any atom is -0.478 e. The summed E-state index contributed by atoms with van der Waals surface area (Å²) in [5.41, 5.74) is 10.9. The topological polar surface area (TPSA) is 92.5 Å². The zero-order valence-corrected chi connectivity index (χ0v) is 26.9. The molecule has 0 aliphatic carbocycles. The standard InChI is InChI=1S/C39H42N2O4/c1-24(2)26(4)38-23-33(29(7)40-28(6)31-16-19-34(20-17-31)41(44)45)18-21-35(38)27(5)25(3)22-30-12-14-32(15-13-30)36-10-8-9-11-37(36)39(42)43/h8-21,23,25,27-28,40H,7,22H2,1-6H3,(H,42,43)/t25?,27?,28-/m0/s1. The van der Waals surface area contributed by atoms with Crippen molar-refractivity contribution >= 4 is 22.9 Å². The largest absolute Gasteiger partial charge is 0.478 e. The molecule has 0 spiro atoms. The molecule has 0 heterocycles. The average molecular weight is 603 g/mol. The lowest BCUT2D eigenvalue weighted by Crippen LogP contribution is -2.17. The summed E-state index contributed by atoms with van der Waals surface area (Å²) in [4.78, 5) is 22.3. The van der Waals surface area contributed by atoms with E-state index < -0.39 is 10.9 Å². The summed E-state index contributed by atoms with van der Waals surface area (Å²) >= 11 is 0. The highest BCUT2D eigenvalue weighted by molar-refractivity contribution is 5.96. The molecule has 0 aromatic heterocycles. The molecule has 0 fully saturated rings. The van der Waals surface area contributed by atoms with Crippen LogP contribution < -0.4 is 5.32 Å². The molecule has 6 nitrogen and oxygen atoms in total. The number of carboxylic acids is 1. The molecule has 4 aromatic carbocycles. The molecule has 0 saturated heterocycles. The first-order valence-corrected chi connectivity index (χ1v) is 15.3. The van der Waals surface area contributed by atoms with E-state index in [-0.39, 0.29) is 17.6 Å². The normalized spacial score (nSPS) is 12.9. The second kappa shape index (κ2) is 14.2. The van der Waals surface area contributed by atoms with Gasteiger partial charge in [0.15, 0.2) is 0 Å². The van der Waals surface area contributed by atoms with Crippen molar-refractivity contribution in [3.8, 4) is 11.1 Å². The summed E-state index contributed by atoms with van der Waals surface area (Å²) in [6.07, 6.45) is 0.887. The Balaban J connectivity index is 1.53. The van der Waals surface area contributed by atoms with Crippen LogP contribution in [0.5, 0.6) is 0 Å². The number of hydrogen-bond acceptors (Lipinski definition) is 4. The number of nitrogens with zero attached hydrogens (tertiary/aromatic N) is 1. The minimum atomic E-state index is -0.927. The summed E-state index contributed by atoms with van der Waals surface area (Å²) in [5.74, 6) is -0.305. The van der Waals surface area contributed by atoms with E-state index in [2.05, 4.69) is 76.8 Å². The van der Waals surface area contributed by atoms with E-state index in [9.17, 15) is 20.0 Å². The van der Waals surface area contributed by atoms with Gasteiger partial charge in [0, 0.05) is 23.9 Å². The molecule has 232 valence electrons. The van der Waals surface area contributed by atoms with Gasteiger partial charge in [0.05, 0.1) is 10.5 Å². The van der Waals surface area contributed by atoms with Crippen molar-refractivity contribution in [1.82, 2.24) is 5.32 Å². The third kappa shape index (κ3) is 7.76. The van der Waals surface area contributed by atoms with Gasteiger partial charge in [-0.05, 0) is 103 Å². The van der Waals surface area contributed by atoms with Crippen molar-refractivity contribution < 1.29 is 14.8 Å². The van der Waals surface area contributed by atoms with Crippen LogP contribution in [0.1, 0.15) is 91.7 Å². The van der Waals surface area contributed by atoms with Crippen molar-refractivity contribution in [1.29, 1.82) is 0 Å². The van der Waals surface area contributed by atoms with Crippen LogP contribution in [-0.2, 0) is 6.42 Å². The van der Waals surface area contributed by atoms with E-state index in [4.69, 9.17) is 0 Å². The monoisotopic (exact) mass is 602 g/mol. The first kappa shape index (κ1) is 32.9. The molecule has 4 aromatic rings. The molecule has 0 saturated carbocycles. The summed E-state index contributed by atoms with van der Waals surface area (Å²) in [6, 6.07) is 28.4. The maximum atomic E-state index is 11.7. The molecule has 2 unspecified atom stereocenters. The van der Waals surface area contributed by atoms with Crippen LogP contribution in [0.4, 0.5) is 5.69 Å². The first-order chi connectivity index (χ1) is 21.4. The molecule has 0 aliphatic rings. The molecule has 6 heteroatoms. The van der Waals surface area contributed by atoms with Crippen molar-refractivity contribution in [3.63, 3.8) is 0 Å². The van der Waals surface area contributed by atoms with Crippen LogP contribution in [-0.4, -0.2) is 16.0 Å². The number of rotatable bonds is 12. The Morgan fingerprint density at radius 1 is 0.889 bits per heavy atom. The second-order valence-corrected chi connectivity index (χ2v) is 12.1. The van der Waals surface area contributed by atoms with E-state index in [0.29, 0.717) is 11.5 Å².